The summed E-state index contributed by atoms with van der Waals surface area (Å²) in [5.41, 5.74) is 1.90. The van der Waals surface area contributed by atoms with Crippen LogP contribution in [-0.2, 0) is 14.4 Å². The number of Topliss-reactive ketones (excluding diaryl/α,β-unsaturated/α-hetero) is 1. The van der Waals surface area contributed by atoms with E-state index in [1.165, 1.54) is 4.90 Å². The largest absolute Gasteiger partial charge is 0.298 e. The van der Waals surface area contributed by atoms with Gasteiger partial charge in [-0.15, -0.1) is 0 Å². The number of hydrogen-bond acceptors (Lipinski definition) is 3. The van der Waals surface area contributed by atoms with E-state index in [4.69, 9.17) is 11.6 Å². The maximum atomic E-state index is 14.6. The first-order valence-electron chi connectivity index (χ1n) is 12.4. The molecule has 1 saturated heterocycles. The summed E-state index contributed by atoms with van der Waals surface area (Å²) in [7, 11) is 0. The molecule has 1 heterocycles. The van der Waals surface area contributed by atoms with E-state index in [0.29, 0.717) is 23.6 Å². The van der Waals surface area contributed by atoms with E-state index in [1.54, 1.807) is 24.3 Å². The Bertz CT molecular complexity index is 1450. The van der Waals surface area contributed by atoms with E-state index in [1.807, 2.05) is 74.5 Å². The van der Waals surface area contributed by atoms with Crippen molar-refractivity contribution in [3.63, 3.8) is 0 Å². The van der Waals surface area contributed by atoms with E-state index in [-0.39, 0.29) is 17.6 Å². The second kappa shape index (κ2) is 8.01. The quantitative estimate of drug-likeness (QED) is 0.382. The second-order valence-corrected chi connectivity index (χ2v) is 10.6. The van der Waals surface area contributed by atoms with Gasteiger partial charge in [-0.3, -0.25) is 14.4 Å². The van der Waals surface area contributed by atoms with Crippen LogP contribution < -0.4 is 4.90 Å². The summed E-state index contributed by atoms with van der Waals surface area (Å²) in [6, 6.07) is 26.6. The molecule has 0 unspecified atom stereocenters. The second-order valence-electron chi connectivity index (χ2n) is 10.2. The molecule has 3 aromatic rings. The summed E-state index contributed by atoms with van der Waals surface area (Å²) in [4.78, 5) is 44.1. The van der Waals surface area contributed by atoms with Gasteiger partial charge in [0.25, 0.3) is 0 Å². The summed E-state index contributed by atoms with van der Waals surface area (Å²) < 4.78 is 0. The molecule has 0 radical (unpaired) electrons. The van der Waals surface area contributed by atoms with Gasteiger partial charge in [0.15, 0.2) is 5.78 Å². The van der Waals surface area contributed by atoms with Crippen LogP contribution in [-0.4, -0.2) is 17.6 Å². The van der Waals surface area contributed by atoms with Crippen LogP contribution >= 0.6 is 11.6 Å². The third-order valence-corrected chi connectivity index (χ3v) is 8.62. The summed E-state index contributed by atoms with van der Waals surface area (Å²) in [6.45, 7) is 3.92. The lowest BCUT2D eigenvalue weighted by Gasteiger charge is -2.37. The predicted octanol–water partition coefficient (Wildman–Crippen LogP) is 6.45. The van der Waals surface area contributed by atoms with Gasteiger partial charge >= 0.3 is 0 Å². The Balaban J connectivity index is 1.66. The maximum Gasteiger partial charge on any atom is 0.239 e. The molecule has 4 nitrogen and oxygen atoms in total. The first-order valence-corrected chi connectivity index (χ1v) is 12.8. The number of amides is 2. The molecular weight excluding hydrogens is 470 g/mol. The first-order chi connectivity index (χ1) is 17.4. The SMILES string of the molecule is CCC[C@]12C(=O)[C@](C)(C(c3ccccc3)=C1c1ccccc1)[C@@H]1C(=O)N(c3cccc(Cl)c3)C(=O)[C@@H]12. The van der Waals surface area contributed by atoms with Crippen molar-refractivity contribution in [1.82, 2.24) is 0 Å². The molecule has 1 aliphatic heterocycles. The molecule has 2 fully saturated rings. The van der Waals surface area contributed by atoms with Gasteiger partial charge in [0, 0.05) is 5.02 Å². The monoisotopic (exact) mass is 495 g/mol. The number of halogens is 1. The van der Waals surface area contributed by atoms with Gasteiger partial charge in [-0.05, 0) is 53.8 Å². The van der Waals surface area contributed by atoms with Crippen LogP contribution in [0.15, 0.2) is 84.9 Å². The molecule has 3 aromatic carbocycles. The molecule has 2 bridgehead atoms. The molecule has 2 aliphatic carbocycles. The fourth-order valence-electron chi connectivity index (χ4n) is 7.23. The van der Waals surface area contributed by atoms with Crippen molar-refractivity contribution >= 4 is 46.0 Å². The Hall–Kier alpha value is -3.50. The molecule has 0 N–H and O–H groups in total. The number of rotatable bonds is 5. The van der Waals surface area contributed by atoms with Crippen molar-refractivity contribution in [3.8, 4) is 0 Å². The van der Waals surface area contributed by atoms with Crippen LogP contribution in [0, 0.1) is 22.7 Å². The number of ketones is 1. The molecule has 4 atom stereocenters. The molecule has 3 aliphatic rings. The normalized spacial score (nSPS) is 28.9. The minimum absolute atomic E-state index is 0.00278. The lowest BCUT2D eigenvalue weighted by Crippen LogP contribution is -2.41. The van der Waals surface area contributed by atoms with Crippen LogP contribution in [0.25, 0.3) is 11.1 Å². The summed E-state index contributed by atoms with van der Waals surface area (Å²) in [6.07, 6.45) is 1.22. The Labute approximate surface area is 215 Å². The van der Waals surface area contributed by atoms with E-state index >= 15 is 0 Å². The van der Waals surface area contributed by atoms with Crippen molar-refractivity contribution < 1.29 is 14.4 Å². The van der Waals surface area contributed by atoms with Crippen LogP contribution in [0.2, 0.25) is 5.02 Å². The van der Waals surface area contributed by atoms with Gasteiger partial charge in [-0.2, -0.15) is 0 Å². The van der Waals surface area contributed by atoms with Crippen molar-refractivity contribution in [3.05, 3.63) is 101 Å². The van der Waals surface area contributed by atoms with Crippen molar-refractivity contribution in [2.75, 3.05) is 4.90 Å². The molecule has 5 heteroatoms. The predicted molar refractivity (Wildman–Crippen MR) is 141 cm³/mol. The lowest BCUT2D eigenvalue weighted by atomic mass is 9.61. The minimum Gasteiger partial charge on any atom is -0.298 e. The summed E-state index contributed by atoms with van der Waals surface area (Å²) in [5, 5.41) is 0.451. The molecular formula is C31H26ClNO3. The molecule has 0 spiro atoms. The lowest BCUT2D eigenvalue weighted by molar-refractivity contribution is -0.134. The van der Waals surface area contributed by atoms with Gasteiger partial charge in [0.05, 0.1) is 28.4 Å². The van der Waals surface area contributed by atoms with E-state index in [9.17, 15) is 14.4 Å². The highest BCUT2D eigenvalue weighted by Crippen LogP contribution is 2.74. The third-order valence-electron chi connectivity index (χ3n) is 8.39. The van der Waals surface area contributed by atoms with Gasteiger partial charge in [-0.25, -0.2) is 4.90 Å². The number of hydrogen-bond donors (Lipinski definition) is 0. The maximum absolute atomic E-state index is 14.6. The van der Waals surface area contributed by atoms with Crippen molar-refractivity contribution in [2.45, 2.75) is 26.7 Å². The molecule has 6 rings (SSSR count). The molecule has 0 aromatic heterocycles. The Morgan fingerprint density at radius 1 is 0.778 bits per heavy atom. The number of benzene rings is 3. The highest BCUT2D eigenvalue weighted by atomic mass is 35.5. The number of allylic oxidation sites excluding steroid dienone is 2. The van der Waals surface area contributed by atoms with Crippen LogP contribution in [0.3, 0.4) is 0 Å². The number of anilines is 1. The van der Waals surface area contributed by atoms with Crippen LogP contribution in [0.5, 0.6) is 0 Å². The number of fused-ring (bicyclic) bond motifs is 5. The molecule has 1 saturated carbocycles. The number of nitrogens with zero attached hydrogens (tertiary/aromatic N) is 1. The third kappa shape index (κ3) is 2.74. The number of carbonyl (C=O) groups excluding carboxylic acids is 3. The van der Waals surface area contributed by atoms with Crippen molar-refractivity contribution in [2.24, 2.45) is 22.7 Å². The fraction of sp³-hybridized carbons (Fsp3) is 0.258. The molecule has 2 amide bonds. The Morgan fingerprint density at radius 2 is 1.36 bits per heavy atom. The standard InChI is InChI=1S/C31H26ClNO3/c1-3-17-31-24(20-13-8-5-9-14-20)23(19-11-6-4-7-12-19)30(2,29(31)36)25-26(31)28(35)33(27(25)34)22-16-10-15-21(32)18-22/h4-16,18,25-26H,3,17H2,1-2H3/t25-,26+,30+,31-/m0/s1. The van der Waals surface area contributed by atoms with Gasteiger partial charge in [0.2, 0.25) is 11.8 Å². The zero-order valence-electron chi connectivity index (χ0n) is 20.2. The highest BCUT2D eigenvalue weighted by molar-refractivity contribution is 6.35. The van der Waals surface area contributed by atoms with Gasteiger partial charge in [-0.1, -0.05) is 91.7 Å². The van der Waals surface area contributed by atoms with Gasteiger partial charge in [0.1, 0.15) is 0 Å². The molecule has 180 valence electrons. The topological polar surface area (TPSA) is 54.5 Å². The van der Waals surface area contributed by atoms with Crippen LogP contribution in [0.1, 0.15) is 37.8 Å². The fourth-order valence-corrected chi connectivity index (χ4v) is 7.41. The smallest absolute Gasteiger partial charge is 0.239 e. The average molecular weight is 496 g/mol. The first kappa shape index (κ1) is 22.9. The zero-order valence-corrected chi connectivity index (χ0v) is 21.0. The van der Waals surface area contributed by atoms with Crippen molar-refractivity contribution in [1.29, 1.82) is 0 Å². The summed E-state index contributed by atoms with van der Waals surface area (Å²) in [5.74, 6) is -2.13. The Morgan fingerprint density at radius 3 is 1.94 bits per heavy atom. The highest BCUT2D eigenvalue weighted by Gasteiger charge is 2.80. The Kier molecular flexibility index (Phi) is 5.10. The van der Waals surface area contributed by atoms with E-state index < -0.39 is 22.7 Å². The molecule has 36 heavy (non-hydrogen) atoms. The van der Waals surface area contributed by atoms with Gasteiger partial charge < -0.3 is 0 Å². The summed E-state index contributed by atoms with van der Waals surface area (Å²) >= 11 is 6.23. The number of carbonyl (C=O) groups is 3. The number of imide groups is 1. The zero-order chi connectivity index (χ0) is 25.2. The van der Waals surface area contributed by atoms with Crippen LogP contribution in [0.4, 0.5) is 5.69 Å². The minimum atomic E-state index is -1.12. The van der Waals surface area contributed by atoms with E-state index in [2.05, 4.69) is 0 Å². The van der Waals surface area contributed by atoms with E-state index in [0.717, 1.165) is 22.3 Å². The average Bonchev–Trinajstić information content (AvgIpc) is 3.35.